The molecule has 25 heavy (non-hydrogen) atoms. The number of H-pyrrole nitrogens is 1. The van der Waals surface area contributed by atoms with Gasteiger partial charge >= 0.3 is 0 Å². The van der Waals surface area contributed by atoms with Crippen LogP contribution in [-0.4, -0.2) is 27.6 Å². The number of rotatable bonds is 6. The molecule has 0 aliphatic carbocycles. The molecule has 0 bridgehead atoms. The van der Waals surface area contributed by atoms with Crippen LogP contribution in [0.4, 0.5) is 11.6 Å². The van der Waals surface area contributed by atoms with Crippen LogP contribution >= 0.6 is 0 Å². The number of nitrogens with one attached hydrogen (secondary N) is 3. The monoisotopic (exact) mass is 337 g/mol. The summed E-state index contributed by atoms with van der Waals surface area (Å²) in [4.78, 5) is 16.8. The van der Waals surface area contributed by atoms with Gasteiger partial charge in [0.25, 0.3) is 0 Å². The Balaban J connectivity index is 1.74. The van der Waals surface area contributed by atoms with Crippen molar-refractivity contribution in [3.8, 4) is 0 Å². The van der Waals surface area contributed by atoms with Crippen molar-refractivity contribution in [2.75, 3.05) is 17.2 Å². The molecule has 2 heterocycles. The fourth-order valence-electron chi connectivity index (χ4n) is 2.90. The molecule has 0 fully saturated rings. The van der Waals surface area contributed by atoms with E-state index in [2.05, 4.69) is 32.7 Å². The van der Waals surface area contributed by atoms with Crippen LogP contribution in [0, 0.1) is 6.92 Å². The van der Waals surface area contributed by atoms with Crippen molar-refractivity contribution >= 4 is 28.4 Å². The van der Waals surface area contributed by atoms with Crippen molar-refractivity contribution in [1.29, 1.82) is 0 Å². The van der Waals surface area contributed by atoms with Gasteiger partial charge in [-0.2, -0.15) is 5.10 Å². The molecule has 2 aromatic heterocycles. The SMILES string of the molecule is CCNc1n[nH]c2c(C)c(NC(=O)C[C@H](C)c3ccccc3)ncc12. The van der Waals surface area contributed by atoms with Gasteiger partial charge in [-0.1, -0.05) is 37.3 Å². The minimum atomic E-state index is -0.0438. The van der Waals surface area contributed by atoms with Crippen LogP contribution in [0.1, 0.15) is 37.3 Å². The molecular formula is C19H23N5O. The van der Waals surface area contributed by atoms with E-state index >= 15 is 0 Å². The first-order chi connectivity index (χ1) is 12.1. The maximum absolute atomic E-state index is 12.4. The summed E-state index contributed by atoms with van der Waals surface area (Å²) in [6.45, 7) is 6.79. The highest BCUT2D eigenvalue weighted by molar-refractivity contribution is 5.97. The Bertz CT molecular complexity index is 872. The number of benzene rings is 1. The highest BCUT2D eigenvalue weighted by atomic mass is 16.1. The van der Waals surface area contributed by atoms with Crippen LogP contribution in [0.5, 0.6) is 0 Å². The lowest BCUT2D eigenvalue weighted by Gasteiger charge is -2.13. The van der Waals surface area contributed by atoms with Crippen LogP contribution in [0.2, 0.25) is 0 Å². The van der Waals surface area contributed by atoms with Gasteiger partial charge in [-0.05, 0) is 25.3 Å². The molecular weight excluding hydrogens is 314 g/mol. The predicted octanol–water partition coefficient (Wildman–Crippen LogP) is 3.83. The molecule has 1 amide bonds. The van der Waals surface area contributed by atoms with Crippen molar-refractivity contribution in [2.24, 2.45) is 0 Å². The van der Waals surface area contributed by atoms with E-state index in [1.807, 2.05) is 44.2 Å². The molecule has 0 unspecified atom stereocenters. The lowest BCUT2D eigenvalue weighted by atomic mass is 9.97. The summed E-state index contributed by atoms with van der Waals surface area (Å²) in [5.41, 5.74) is 2.92. The van der Waals surface area contributed by atoms with Crippen LogP contribution < -0.4 is 10.6 Å². The van der Waals surface area contributed by atoms with E-state index in [1.54, 1.807) is 6.20 Å². The van der Waals surface area contributed by atoms with Gasteiger partial charge in [0, 0.05) is 24.7 Å². The van der Waals surface area contributed by atoms with Gasteiger partial charge in [-0.15, -0.1) is 0 Å². The number of aromatic nitrogens is 3. The Morgan fingerprint density at radius 2 is 2.00 bits per heavy atom. The van der Waals surface area contributed by atoms with Crippen LogP contribution in [0.15, 0.2) is 36.5 Å². The summed E-state index contributed by atoms with van der Waals surface area (Å²) < 4.78 is 0. The van der Waals surface area contributed by atoms with Gasteiger partial charge in [-0.25, -0.2) is 4.98 Å². The van der Waals surface area contributed by atoms with E-state index in [1.165, 1.54) is 0 Å². The van der Waals surface area contributed by atoms with Crippen LogP contribution in [0.25, 0.3) is 10.9 Å². The minimum Gasteiger partial charge on any atom is -0.368 e. The summed E-state index contributed by atoms with van der Waals surface area (Å²) in [5, 5.41) is 14.3. The van der Waals surface area contributed by atoms with Gasteiger partial charge in [0.2, 0.25) is 5.91 Å². The zero-order valence-electron chi connectivity index (χ0n) is 14.8. The number of carbonyl (C=O) groups excluding carboxylic acids is 1. The molecule has 6 heteroatoms. The number of nitrogens with zero attached hydrogens (tertiary/aromatic N) is 2. The fourth-order valence-corrected chi connectivity index (χ4v) is 2.90. The first-order valence-electron chi connectivity index (χ1n) is 8.52. The molecule has 0 radical (unpaired) electrons. The number of amides is 1. The average Bonchev–Trinajstić information content (AvgIpc) is 3.02. The molecule has 3 N–H and O–H groups in total. The zero-order chi connectivity index (χ0) is 17.8. The quantitative estimate of drug-likeness (QED) is 0.638. The fraction of sp³-hybridized carbons (Fsp3) is 0.316. The third-order valence-electron chi connectivity index (χ3n) is 4.32. The average molecular weight is 337 g/mol. The van der Waals surface area contributed by atoms with Crippen molar-refractivity contribution in [3.05, 3.63) is 47.7 Å². The summed E-state index contributed by atoms with van der Waals surface area (Å²) in [6.07, 6.45) is 2.15. The van der Waals surface area contributed by atoms with Crippen molar-refractivity contribution in [2.45, 2.75) is 33.1 Å². The molecule has 0 spiro atoms. The first-order valence-corrected chi connectivity index (χ1v) is 8.52. The second-order valence-corrected chi connectivity index (χ2v) is 6.19. The van der Waals surface area contributed by atoms with Crippen molar-refractivity contribution in [1.82, 2.24) is 15.2 Å². The summed E-state index contributed by atoms with van der Waals surface area (Å²) in [7, 11) is 0. The second kappa shape index (κ2) is 7.34. The third-order valence-corrected chi connectivity index (χ3v) is 4.32. The molecule has 0 saturated heterocycles. The van der Waals surface area contributed by atoms with E-state index in [9.17, 15) is 4.79 Å². The number of hydrogen-bond acceptors (Lipinski definition) is 4. The van der Waals surface area contributed by atoms with E-state index in [-0.39, 0.29) is 11.8 Å². The second-order valence-electron chi connectivity index (χ2n) is 6.19. The van der Waals surface area contributed by atoms with Gasteiger partial charge in [0.1, 0.15) is 5.82 Å². The molecule has 1 atom stereocenters. The lowest BCUT2D eigenvalue weighted by molar-refractivity contribution is -0.116. The smallest absolute Gasteiger partial charge is 0.226 e. The maximum atomic E-state index is 12.4. The Morgan fingerprint density at radius 3 is 2.72 bits per heavy atom. The first kappa shape index (κ1) is 17.0. The Morgan fingerprint density at radius 1 is 1.24 bits per heavy atom. The number of hydrogen-bond donors (Lipinski definition) is 3. The molecule has 3 rings (SSSR count). The molecule has 1 aromatic carbocycles. The number of carbonyl (C=O) groups is 1. The van der Waals surface area contributed by atoms with Crippen LogP contribution in [-0.2, 0) is 4.79 Å². The Kier molecular flexibility index (Phi) is 4.97. The van der Waals surface area contributed by atoms with Crippen LogP contribution in [0.3, 0.4) is 0 Å². The molecule has 130 valence electrons. The molecule has 6 nitrogen and oxygen atoms in total. The number of aryl methyl sites for hydroxylation is 1. The highest BCUT2D eigenvalue weighted by Gasteiger charge is 2.15. The largest absolute Gasteiger partial charge is 0.368 e. The number of anilines is 2. The zero-order valence-corrected chi connectivity index (χ0v) is 14.8. The Labute approximate surface area is 147 Å². The van der Waals surface area contributed by atoms with E-state index in [0.717, 1.165) is 34.4 Å². The van der Waals surface area contributed by atoms with Gasteiger partial charge < -0.3 is 10.6 Å². The number of pyridine rings is 1. The molecule has 0 aliphatic heterocycles. The van der Waals surface area contributed by atoms with E-state index in [4.69, 9.17) is 0 Å². The highest BCUT2D eigenvalue weighted by Crippen LogP contribution is 2.27. The summed E-state index contributed by atoms with van der Waals surface area (Å²) in [5.74, 6) is 1.46. The van der Waals surface area contributed by atoms with E-state index < -0.39 is 0 Å². The number of aromatic amines is 1. The molecule has 0 aliphatic rings. The minimum absolute atomic E-state index is 0.0438. The maximum Gasteiger partial charge on any atom is 0.226 e. The van der Waals surface area contributed by atoms with Gasteiger partial charge in [0.05, 0.1) is 10.9 Å². The Hall–Kier alpha value is -2.89. The molecule has 0 saturated carbocycles. The van der Waals surface area contributed by atoms with Crippen molar-refractivity contribution in [3.63, 3.8) is 0 Å². The van der Waals surface area contributed by atoms with E-state index in [0.29, 0.717) is 12.2 Å². The summed E-state index contributed by atoms with van der Waals surface area (Å²) in [6, 6.07) is 10.0. The standard InChI is InChI=1S/C19H23N5O/c1-4-20-19-15-11-21-18(13(3)17(15)23-24-19)22-16(25)10-12(2)14-8-6-5-7-9-14/h5-9,11-12H,4,10H2,1-3H3,(H2,20,23,24)(H,21,22,25)/t12-/m0/s1. The predicted molar refractivity (Wildman–Crippen MR) is 101 cm³/mol. The van der Waals surface area contributed by atoms with Crippen molar-refractivity contribution < 1.29 is 4.79 Å². The third kappa shape index (κ3) is 3.63. The normalized spacial score (nSPS) is 12.1. The summed E-state index contributed by atoms with van der Waals surface area (Å²) >= 11 is 0. The lowest BCUT2D eigenvalue weighted by Crippen LogP contribution is -2.16. The topological polar surface area (TPSA) is 82.7 Å². The molecule has 3 aromatic rings. The van der Waals surface area contributed by atoms with Gasteiger partial charge in [0.15, 0.2) is 5.82 Å². The number of fused-ring (bicyclic) bond motifs is 1. The van der Waals surface area contributed by atoms with Gasteiger partial charge in [-0.3, -0.25) is 9.89 Å².